The number of rotatable bonds is 2. The largest absolute Gasteiger partial charge is 0.392 e. The summed E-state index contributed by atoms with van der Waals surface area (Å²) in [5.41, 5.74) is -2.56. The minimum atomic E-state index is -1.95. The average Bonchev–Trinajstić information content (AvgIpc) is 2.64. The molecule has 0 radical (unpaired) electrons. The fraction of sp³-hybridized carbons (Fsp3) is 0.455. The molecule has 1 unspecified atom stereocenters. The molecular formula is C11H11FN2O4S. The van der Waals surface area contributed by atoms with Gasteiger partial charge in [0.2, 0.25) is 0 Å². The fourth-order valence-corrected chi connectivity index (χ4v) is 2.05. The number of hydrogen-bond acceptors (Lipinski definition) is 5. The molecule has 0 aliphatic carbocycles. The van der Waals surface area contributed by atoms with Gasteiger partial charge in [0.1, 0.15) is 10.7 Å². The maximum absolute atomic E-state index is 14.0. The number of aliphatic hydroxyl groups excluding tert-OH is 2. The van der Waals surface area contributed by atoms with Gasteiger partial charge in [0.05, 0.1) is 6.61 Å². The van der Waals surface area contributed by atoms with Gasteiger partial charge in [-0.1, -0.05) is 18.1 Å². The van der Waals surface area contributed by atoms with Crippen LogP contribution in [0.4, 0.5) is 4.39 Å². The number of aromatic nitrogens is 2. The second kappa shape index (κ2) is 4.86. The van der Waals surface area contributed by atoms with Gasteiger partial charge in [0, 0.05) is 6.20 Å². The highest BCUT2D eigenvalue weighted by Gasteiger charge is 2.55. The third-order valence-electron chi connectivity index (χ3n) is 2.99. The number of alkyl halides is 1. The van der Waals surface area contributed by atoms with Crippen LogP contribution in [0.15, 0.2) is 17.1 Å². The standard InChI is InChI=1S/C11H11FN2O4S/c1-2-11(5-15)8(16)7(12)9(18-11)14-4-3-6(19)13-10(14)17/h1,3-4,7-9,15-16H,5H2,(H,13,17,19)/t7-,8?,9+,11+/m0/s1. The number of ether oxygens (including phenoxy) is 1. The van der Waals surface area contributed by atoms with Gasteiger partial charge in [-0.3, -0.25) is 9.55 Å². The van der Waals surface area contributed by atoms with E-state index in [9.17, 15) is 19.4 Å². The van der Waals surface area contributed by atoms with Gasteiger partial charge in [0.15, 0.2) is 18.0 Å². The molecule has 1 aliphatic rings. The third kappa shape index (κ3) is 2.11. The van der Waals surface area contributed by atoms with Crippen molar-refractivity contribution in [3.8, 4) is 12.3 Å². The zero-order valence-electron chi connectivity index (χ0n) is 9.62. The first kappa shape index (κ1) is 13.9. The molecule has 0 saturated carbocycles. The monoisotopic (exact) mass is 286 g/mol. The molecule has 1 aromatic rings. The molecular weight excluding hydrogens is 275 g/mol. The Morgan fingerprint density at radius 3 is 2.89 bits per heavy atom. The first-order valence-corrected chi connectivity index (χ1v) is 5.76. The Balaban J connectivity index is 2.46. The number of nitrogens with zero attached hydrogens (tertiary/aromatic N) is 1. The molecule has 1 fully saturated rings. The van der Waals surface area contributed by atoms with Gasteiger partial charge >= 0.3 is 5.69 Å². The summed E-state index contributed by atoms with van der Waals surface area (Å²) in [6, 6.07) is 1.37. The molecule has 0 spiro atoms. The van der Waals surface area contributed by atoms with Crippen molar-refractivity contribution >= 4 is 12.2 Å². The Hall–Kier alpha value is -1.53. The van der Waals surface area contributed by atoms with E-state index in [1.165, 1.54) is 12.3 Å². The second-order valence-corrected chi connectivity index (χ2v) is 4.55. The van der Waals surface area contributed by atoms with Crippen molar-refractivity contribution in [1.82, 2.24) is 9.55 Å². The lowest BCUT2D eigenvalue weighted by Gasteiger charge is -2.23. The summed E-state index contributed by atoms with van der Waals surface area (Å²) in [4.78, 5) is 14.0. The Morgan fingerprint density at radius 2 is 2.42 bits per heavy atom. The lowest BCUT2D eigenvalue weighted by molar-refractivity contribution is -0.0922. The van der Waals surface area contributed by atoms with Crippen LogP contribution < -0.4 is 5.69 Å². The predicted octanol–water partition coefficient (Wildman–Crippen LogP) is -0.502. The number of hydrogen-bond donors (Lipinski definition) is 3. The number of nitrogens with one attached hydrogen (secondary N) is 1. The van der Waals surface area contributed by atoms with Crippen LogP contribution in [-0.2, 0) is 4.74 Å². The van der Waals surface area contributed by atoms with Crippen LogP contribution in [0.3, 0.4) is 0 Å². The Labute approximate surface area is 112 Å². The highest BCUT2D eigenvalue weighted by atomic mass is 32.1. The van der Waals surface area contributed by atoms with Crippen molar-refractivity contribution in [2.75, 3.05) is 6.61 Å². The van der Waals surface area contributed by atoms with Crippen molar-refractivity contribution in [3.63, 3.8) is 0 Å². The predicted molar refractivity (Wildman–Crippen MR) is 65.6 cm³/mol. The van der Waals surface area contributed by atoms with E-state index < -0.39 is 36.4 Å². The van der Waals surface area contributed by atoms with E-state index in [4.69, 9.17) is 23.4 Å². The van der Waals surface area contributed by atoms with Crippen LogP contribution in [0, 0.1) is 17.0 Å². The third-order valence-corrected chi connectivity index (χ3v) is 3.23. The molecule has 0 aromatic carbocycles. The van der Waals surface area contributed by atoms with Gasteiger partial charge < -0.3 is 14.9 Å². The molecule has 2 rings (SSSR count). The molecule has 2 heterocycles. The average molecular weight is 286 g/mol. The number of halogens is 1. The molecule has 0 bridgehead atoms. The fourth-order valence-electron chi connectivity index (χ4n) is 1.90. The van der Waals surface area contributed by atoms with Crippen LogP contribution in [0.1, 0.15) is 6.23 Å². The molecule has 1 aliphatic heterocycles. The maximum atomic E-state index is 14.0. The molecule has 4 atom stereocenters. The van der Waals surface area contributed by atoms with Gasteiger partial charge in [-0.2, -0.15) is 0 Å². The molecule has 3 N–H and O–H groups in total. The van der Waals surface area contributed by atoms with Crippen LogP contribution >= 0.6 is 12.2 Å². The number of aromatic amines is 1. The summed E-state index contributed by atoms with van der Waals surface area (Å²) >= 11 is 4.75. The van der Waals surface area contributed by atoms with Crippen LogP contribution in [0.5, 0.6) is 0 Å². The minimum Gasteiger partial charge on any atom is -0.392 e. The highest BCUT2D eigenvalue weighted by molar-refractivity contribution is 7.71. The zero-order valence-corrected chi connectivity index (χ0v) is 10.4. The normalized spacial score (nSPS) is 34.1. The number of terminal acetylenes is 1. The van der Waals surface area contributed by atoms with Crippen molar-refractivity contribution < 1.29 is 19.3 Å². The summed E-state index contributed by atoms with van der Waals surface area (Å²) in [5.74, 6) is 2.03. The summed E-state index contributed by atoms with van der Waals surface area (Å²) in [7, 11) is 0. The summed E-state index contributed by atoms with van der Waals surface area (Å²) in [5, 5.41) is 18.9. The van der Waals surface area contributed by atoms with Crippen molar-refractivity contribution in [2.45, 2.75) is 24.1 Å². The number of aliphatic hydroxyl groups is 2. The van der Waals surface area contributed by atoms with Crippen LogP contribution in [0.25, 0.3) is 0 Å². The zero-order chi connectivity index (χ0) is 14.2. The molecule has 1 saturated heterocycles. The van der Waals surface area contributed by atoms with E-state index >= 15 is 0 Å². The molecule has 102 valence electrons. The van der Waals surface area contributed by atoms with E-state index in [0.29, 0.717) is 0 Å². The molecule has 1 aromatic heterocycles. The SMILES string of the molecule is C#C[C@]1(CO)O[C@@H](n2ccc(=S)[nH]c2=O)[C@@H](F)C1O. The van der Waals surface area contributed by atoms with Gasteiger partial charge in [-0.15, -0.1) is 6.42 Å². The lowest BCUT2D eigenvalue weighted by Crippen LogP contribution is -2.44. The first-order valence-electron chi connectivity index (χ1n) is 5.35. The Morgan fingerprint density at radius 1 is 1.74 bits per heavy atom. The van der Waals surface area contributed by atoms with E-state index in [2.05, 4.69) is 4.98 Å². The topological polar surface area (TPSA) is 87.5 Å². The molecule has 8 heteroatoms. The highest BCUT2D eigenvalue weighted by Crippen LogP contribution is 2.37. The van der Waals surface area contributed by atoms with Gasteiger partial charge in [-0.25, -0.2) is 9.18 Å². The Kier molecular flexibility index (Phi) is 3.56. The number of H-pyrrole nitrogens is 1. The van der Waals surface area contributed by atoms with Gasteiger partial charge in [-0.05, 0) is 6.07 Å². The minimum absolute atomic E-state index is 0.181. The van der Waals surface area contributed by atoms with Crippen molar-refractivity contribution in [3.05, 3.63) is 27.4 Å². The van der Waals surface area contributed by atoms with Crippen LogP contribution in [-0.4, -0.2) is 44.2 Å². The molecule has 19 heavy (non-hydrogen) atoms. The van der Waals surface area contributed by atoms with E-state index in [1.54, 1.807) is 0 Å². The summed E-state index contributed by atoms with van der Waals surface area (Å²) in [6.07, 6.45) is 1.27. The maximum Gasteiger partial charge on any atom is 0.328 e. The van der Waals surface area contributed by atoms with E-state index in [-0.39, 0.29) is 4.64 Å². The van der Waals surface area contributed by atoms with E-state index in [0.717, 1.165) is 4.57 Å². The Bertz CT molecular complexity index is 637. The smallest absolute Gasteiger partial charge is 0.328 e. The van der Waals surface area contributed by atoms with E-state index in [1.807, 2.05) is 5.92 Å². The summed E-state index contributed by atoms with van der Waals surface area (Å²) in [6.45, 7) is -0.765. The molecule has 6 nitrogen and oxygen atoms in total. The van der Waals surface area contributed by atoms with Crippen molar-refractivity contribution in [1.29, 1.82) is 0 Å². The quantitative estimate of drug-likeness (QED) is 0.504. The lowest BCUT2D eigenvalue weighted by atomic mass is 9.98. The molecule has 0 amide bonds. The van der Waals surface area contributed by atoms with Crippen LogP contribution in [0.2, 0.25) is 0 Å². The summed E-state index contributed by atoms with van der Waals surface area (Å²) < 4.78 is 20.3. The van der Waals surface area contributed by atoms with Gasteiger partial charge in [0.25, 0.3) is 0 Å². The second-order valence-electron chi connectivity index (χ2n) is 4.11. The first-order chi connectivity index (χ1) is 8.95. The van der Waals surface area contributed by atoms with Crippen molar-refractivity contribution in [2.24, 2.45) is 0 Å².